The van der Waals surface area contributed by atoms with Crippen molar-refractivity contribution in [3.05, 3.63) is 35.1 Å². The summed E-state index contributed by atoms with van der Waals surface area (Å²) in [4.78, 5) is 11.5. The Balaban J connectivity index is 2.60. The molecule has 124 valence electrons. The molecule has 0 saturated heterocycles. The molecule has 0 aliphatic rings. The van der Waals surface area contributed by atoms with Crippen LogP contribution in [0.5, 0.6) is 0 Å². The second kappa shape index (κ2) is 7.53. The van der Waals surface area contributed by atoms with E-state index in [1.165, 1.54) is 12.1 Å². The molecule has 0 aromatic heterocycles. The summed E-state index contributed by atoms with van der Waals surface area (Å²) in [5.74, 6) is -0.550. The smallest absolute Gasteiger partial charge is 0.407 e. The maximum absolute atomic E-state index is 13.6. The molecule has 6 nitrogen and oxygen atoms in total. The SMILES string of the molecule is CC(C)(C)OC(=O)NCC(O)C(O)c1ccc(CN)c(F)c1. The molecule has 0 saturated carbocycles. The number of aliphatic hydroxyl groups is 2. The number of nitrogens with two attached hydrogens (primary N) is 1. The summed E-state index contributed by atoms with van der Waals surface area (Å²) in [6.07, 6.45) is -3.34. The van der Waals surface area contributed by atoms with Crippen LogP contribution in [0.1, 0.15) is 38.0 Å². The van der Waals surface area contributed by atoms with E-state index in [-0.39, 0.29) is 18.7 Å². The zero-order valence-electron chi connectivity index (χ0n) is 13.0. The van der Waals surface area contributed by atoms with Crippen LogP contribution in [0, 0.1) is 5.82 Å². The van der Waals surface area contributed by atoms with Crippen LogP contribution in [-0.2, 0) is 11.3 Å². The monoisotopic (exact) mass is 314 g/mol. The van der Waals surface area contributed by atoms with Crippen molar-refractivity contribution in [1.29, 1.82) is 0 Å². The molecule has 0 heterocycles. The van der Waals surface area contributed by atoms with Gasteiger partial charge in [-0.15, -0.1) is 0 Å². The van der Waals surface area contributed by atoms with Gasteiger partial charge in [0.25, 0.3) is 0 Å². The highest BCUT2D eigenvalue weighted by Gasteiger charge is 2.22. The summed E-state index contributed by atoms with van der Waals surface area (Å²) in [7, 11) is 0. The van der Waals surface area contributed by atoms with Gasteiger partial charge in [0.1, 0.15) is 23.6 Å². The van der Waals surface area contributed by atoms with Crippen LogP contribution in [0.3, 0.4) is 0 Å². The Morgan fingerprint density at radius 1 is 1.41 bits per heavy atom. The van der Waals surface area contributed by atoms with Crippen LogP contribution in [0.25, 0.3) is 0 Å². The number of nitrogens with one attached hydrogen (secondary N) is 1. The lowest BCUT2D eigenvalue weighted by atomic mass is 10.0. The quantitative estimate of drug-likeness (QED) is 0.654. The van der Waals surface area contributed by atoms with Crippen molar-refractivity contribution >= 4 is 6.09 Å². The number of ether oxygens (including phenoxy) is 1. The standard InChI is InChI=1S/C15H23FN2O4/c1-15(2,3)22-14(21)18-8-12(19)13(20)9-4-5-10(7-17)11(16)6-9/h4-6,12-13,19-20H,7-8,17H2,1-3H3,(H,18,21). The first-order valence-corrected chi connectivity index (χ1v) is 6.95. The van der Waals surface area contributed by atoms with Gasteiger partial charge >= 0.3 is 6.09 Å². The summed E-state index contributed by atoms with van der Waals surface area (Å²) in [6.45, 7) is 4.94. The lowest BCUT2D eigenvalue weighted by Crippen LogP contribution is -2.38. The van der Waals surface area contributed by atoms with Crippen molar-refractivity contribution in [3.8, 4) is 0 Å². The highest BCUT2D eigenvalue weighted by atomic mass is 19.1. The predicted molar refractivity (Wildman–Crippen MR) is 79.5 cm³/mol. The molecule has 1 aromatic carbocycles. The molecule has 5 N–H and O–H groups in total. The Labute approximate surface area is 129 Å². The summed E-state index contributed by atoms with van der Waals surface area (Å²) in [5, 5.41) is 22.2. The summed E-state index contributed by atoms with van der Waals surface area (Å²) in [5.41, 5.74) is 5.22. The van der Waals surface area contributed by atoms with Gasteiger partial charge in [0.05, 0.1) is 0 Å². The fourth-order valence-corrected chi connectivity index (χ4v) is 1.75. The Kier molecular flexibility index (Phi) is 6.28. The van der Waals surface area contributed by atoms with E-state index in [4.69, 9.17) is 10.5 Å². The van der Waals surface area contributed by atoms with Crippen molar-refractivity contribution in [2.24, 2.45) is 5.73 Å². The first kappa shape index (κ1) is 18.3. The molecule has 1 amide bonds. The van der Waals surface area contributed by atoms with Gasteiger partial charge in [-0.2, -0.15) is 0 Å². The van der Waals surface area contributed by atoms with Crippen LogP contribution in [0.15, 0.2) is 18.2 Å². The lowest BCUT2D eigenvalue weighted by Gasteiger charge is -2.22. The van der Waals surface area contributed by atoms with Crippen LogP contribution < -0.4 is 11.1 Å². The molecule has 22 heavy (non-hydrogen) atoms. The molecule has 0 aliphatic heterocycles. The van der Waals surface area contributed by atoms with Crippen LogP contribution in [-0.4, -0.2) is 34.6 Å². The van der Waals surface area contributed by atoms with Gasteiger partial charge in [-0.3, -0.25) is 0 Å². The number of carbonyl (C=O) groups is 1. The number of halogens is 1. The topological polar surface area (TPSA) is 105 Å². The molecule has 0 fully saturated rings. The Morgan fingerprint density at radius 3 is 2.55 bits per heavy atom. The van der Waals surface area contributed by atoms with E-state index in [1.807, 2.05) is 0 Å². The normalized spacial score (nSPS) is 14.3. The zero-order valence-corrected chi connectivity index (χ0v) is 13.0. The fourth-order valence-electron chi connectivity index (χ4n) is 1.75. The van der Waals surface area contributed by atoms with E-state index in [2.05, 4.69) is 5.32 Å². The van der Waals surface area contributed by atoms with E-state index < -0.39 is 29.7 Å². The van der Waals surface area contributed by atoms with Gasteiger partial charge in [-0.05, 0) is 32.4 Å². The third-order valence-electron chi connectivity index (χ3n) is 2.86. The number of aliphatic hydroxyl groups excluding tert-OH is 2. The maximum Gasteiger partial charge on any atom is 0.407 e. The van der Waals surface area contributed by atoms with Crippen LogP contribution in [0.4, 0.5) is 9.18 Å². The second-order valence-electron chi connectivity index (χ2n) is 5.95. The Hall–Kier alpha value is -1.70. The van der Waals surface area contributed by atoms with Crippen molar-refractivity contribution in [1.82, 2.24) is 5.32 Å². The first-order chi connectivity index (χ1) is 10.1. The van der Waals surface area contributed by atoms with Crippen molar-refractivity contribution in [2.45, 2.75) is 45.1 Å². The first-order valence-electron chi connectivity index (χ1n) is 6.95. The predicted octanol–water partition coefficient (Wildman–Crippen LogP) is 1.20. The minimum absolute atomic E-state index is 0.0466. The average Bonchev–Trinajstić information content (AvgIpc) is 2.42. The number of rotatable bonds is 5. The third-order valence-corrected chi connectivity index (χ3v) is 2.86. The fraction of sp³-hybridized carbons (Fsp3) is 0.533. The minimum atomic E-state index is -1.34. The molecule has 2 unspecified atom stereocenters. The summed E-state index contributed by atoms with van der Waals surface area (Å²) in [6, 6.07) is 4.04. The Morgan fingerprint density at radius 2 is 2.05 bits per heavy atom. The molecular formula is C15H23FN2O4. The molecule has 2 atom stereocenters. The zero-order chi connectivity index (χ0) is 16.9. The van der Waals surface area contributed by atoms with E-state index in [9.17, 15) is 19.4 Å². The highest BCUT2D eigenvalue weighted by Crippen LogP contribution is 2.19. The summed E-state index contributed by atoms with van der Waals surface area (Å²) < 4.78 is 18.6. The average molecular weight is 314 g/mol. The van der Waals surface area contributed by atoms with Gasteiger partial charge in [0, 0.05) is 18.7 Å². The van der Waals surface area contributed by atoms with E-state index >= 15 is 0 Å². The molecule has 0 radical (unpaired) electrons. The van der Waals surface area contributed by atoms with Crippen molar-refractivity contribution < 1.29 is 24.1 Å². The maximum atomic E-state index is 13.6. The summed E-state index contributed by atoms with van der Waals surface area (Å²) >= 11 is 0. The lowest BCUT2D eigenvalue weighted by molar-refractivity contribution is 0.0128. The number of hydrogen-bond donors (Lipinski definition) is 4. The second-order valence-corrected chi connectivity index (χ2v) is 5.95. The number of benzene rings is 1. The number of alkyl carbamates (subject to hydrolysis) is 1. The molecule has 1 aromatic rings. The van der Waals surface area contributed by atoms with Crippen molar-refractivity contribution in [2.75, 3.05) is 6.54 Å². The number of carbonyl (C=O) groups excluding carboxylic acids is 1. The van der Waals surface area contributed by atoms with Gasteiger partial charge in [-0.25, -0.2) is 9.18 Å². The van der Waals surface area contributed by atoms with E-state index in [0.717, 1.165) is 6.07 Å². The van der Waals surface area contributed by atoms with E-state index in [1.54, 1.807) is 20.8 Å². The molecule has 0 spiro atoms. The van der Waals surface area contributed by atoms with E-state index in [0.29, 0.717) is 5.56 Å². The van der Waals surface area contributed by atoms with Gasteiger partial charge in [-0.1, -0.05) is 12.1 Å². The van der Waals surface area contributed by atoms with Gasteiger partial charge in [0.2, 0.25) is 0 Å². The molecule has 7 heteroatoms. The molecular weight excluding hydrogens is 291 g/mol. The van der Waals surface area contributed by atoms with Crippen LogP contribution in [0.2, 0.25) is 0 Å². The molecule has 0 bridgehead atoms. The number of hydrogen-bond acceptors (Lipinski definition) is 5. The van der Waals surface area contributed by atoms with Gasteiger partial charge < -0.3 is 26.0 Å². The molecule has 0 aliphatic carbocycles. The van der Waals surface area contributed by atoms with Crippen molar-refractivity contribution in [3.63, 3.8) is 0 Å². The Bertz CT molecular complexity index is 517. The largest absolute Gasteiger partial charge is 0.444 e. The minimum Gasteiger partial charge on any atom is -0.444 e. The number of amides is 1. The van der Waals surface area contributed by atoms with Crippen LogP contribution >= 0.6 is 0 Å². The highest BCUT2D eigenvalue weighted by molar-refractivity contribution is 5.67. The third kappa shape index (κ3) is 5.59. The molecule has 1 rings (SSSR count). The van der Waals surface area contributed by atoms with Gasteiger partial charge in [0.15, 0.2) is 0 Å².